The smallest absolute Gasteiger partial charge is 0.309 e. The van der Waals surface area contributed by atoms with Crippen molar-refractivity contribution in [2.24, 2.45) is 11.3 Å². The number of carbonyl (C=O) groups is 1. The molecule has 0 bridgehead atoms. The molecule has 1 fully saturated rings. The van der Waals surface area contributed by atoms with Gasteiger partial charge in [-0.25, -0.2) is 0 Å². The standard InChI is InChI=1S/C20H28O2/c1-5-14-13(2)7-9-16-15(14)8-10-17-19(16,3)11-6-12-20(17,4)18(21)22/h7,9,17H,5-6,8,10-12H2,1-4H3,(H,21,22)/t17-,19-,20+/m1/s1. The third-order valence-electron chi connectivity index (χ3n) is 6.74. The molecule has 120 valence electrons. The fraction of sp³-hybridized carbons (Fsp3) is 0.650. The maximum atomic E-state index is 12.0. The van der Waals surface area contributed by atoms with Crippen molar-refractivity contribution < 1.29 is 9.90 Å². The van der Waals surface area contributed by atoms with E-state index in [1.165, 1.54) is 22.3 Å². The van der Waals surface area contributed by atoms with E-state index >= 15 is 0 Å². The Morgan fingerprint density at radius 2 is 2.05 bits per heavy atom. The molecule has 0 unspecified atom stereocenters. The zero-order valence-electron chi connectivity index (χ0n) is 14.3. The molecule has 2 aliphatic rings. The normalized spacial score (nSPS) is 33.9. The van der Waals surface area contributed by atoms with E-state index in [0.717, 1.165) is 38.5 Å². The number of aliphatic carboxylic acids is 1. The van der Waals surface area contributed by atoms with Gasteiger partial charge in [-0.05, 0) is 79.5 Å². The Hall–Kier alpha value is -1.31. The summed E-state index contributed by atoms with van der Waals surface area (Å²) in [5.74, 6) is -0.346. The Morgan fingerprint density at radius 3 is 2.68 bits per heavy atom. The lowest BCUT2D eigenvalue weighted by atomic mass is 9.49. The summed E-state index contributed by atoms with van der Waals surface area (Å²) >= 11 is 0. The fourth-order valence-corrected chi connectivity index (χ4v) is 5.50. The van der Waals surface area contributed by atoms with Crippen LogP contribution in [0.3, 0.4) is 0 Å². The van der Waals surface area contributed by atoms with Crippen molar-refractivity contribution in [1.82, 2.24) is 0 Å². The van der Waals surface area contributed by atoms with Crippen LogP contribution in [0, 0.1) is 18.3 Å². The number of fused-ring (bicyclic) bond motifs is 3. The Balaban J connectivity index is 2.16. The molecular weight excluding hydrogens is 272 g/mol. The molecule has 1 aromatic rings. The molecule has 2 nitrogen and oxygen atoms in total. The van der Waals surface area contributed by atoms with Crippen LogP contribution in [-0.4, -0.2) is 11.1 Å². The number of aryl methyl sites for hydroxylation is 1. The van der Waals surface area contributed by atoms with Gasteiger partial charge in [-0.1, -0.05) is 32.4 Å². The van der Waals surface area contributed by atoms with E-state index in [2.05, 4.69) is 32.9 Å². The van der Waals surface area contributed by atoms with Crippen molar-refractivity contribution in [3.05, 3.63) is 34.4 Å². The van der Waals surface area contributed by atoms with Crippen LogP contribution in [0.2, 0.25) is 0 Å². The second-order valence-electron chi connectivity index (χ2n) is 7.83. The lowest BCUT2D eigenvalue weighted by molar-refractivity contribution is -0.157. The van der Waals surface area contributed by atoms with E-state index in [0.29, 0.717) is 0 Å². The van der Waals surface area contributed by atoms with E-state index in [1.54, 1.807) is 0 Å². The third-order valence-corrected chi connectivity index (χ3v) is 6.74. The topological polar surface area (TPSA) is 37.3 Å². The van der Waals surface area contributed by atoms with Gasteiger partial charge in [0, 0.05) is 0 Å². The second kappa shape index (κ2) is 5.11. The predicted molar refractivity (Wildman–Crippen MR) is 89.3 cm³/mol. The number of rotatable bonds is 2. The van der Waals surface area contributed by atoms with Gasteiger partial charge in [0.15, 0.2) is 0 Å². The molecule has 1 N–H and O–H groups in total. The summed E-state index contributed by atoms with van der Waals surface area (Å²) in [7, 11) is 0. The number of hydrogen-bond donors (Lipinski definition) is 1. The van der Waals surface area contributed by atoms with Crippen molar-refractivity contribution in [2.75, 3.05) is 0 Å². The third kappa shape index (κ3) is 1.96. The van der Waals surface area contributed by atoms with Gasteiger partial charge in [0.05, 0.1) is 5.41 Å². The number of hydrogen-bond acceptors (Lipinski definition) is 1. The van der Waals surface area contributed by atoms with Crippen molar-refractivity contribution in [1.29, 1.82) is 0 Å². The quantitative estimate of drug-likeness (QED) is 0.863. The fourth-order valence-electron chi connectivity index (χ4n) is 5.50. The van der Waals surface area contributed by atoms with Gasteiger partial charge in [-0.15, -0.1) is 0 Å². The number of benzene rings is 1. The molecule has 3 rings (SSSR count). The minimum absolute atomic E-state index is 0.0244. The summed E-state index contributed by atoms with van der Waals surface area (Å²) in [4.78, 5) is 12.0. The molecule has 0 aliphatic heterocycles. The first kappa shape index (κ1) is 15.6. The Morgan fingerprint density at radius 1 is 1.32 bits per heavy atom. The van der Waals surface area contributed by atoms with Gasteiger partial charge in [0.25, 0.3) is 0 Å². The highest BCUT2D eigenvalue weighted by atomic mass is 16.4. The van der Waals surface area contributed by atoms with Crippen molar-refractivity contribution in [3.8, 4) is 0 Å². The molecule has 0 heterocycles. The summed E-state index contributed by atoms with van der Waals surface area (Å²) in [6, 6.07) is 4.54. The first-order valence-electron chi connectivity index (χ1n) is 8.70. The highest BCUT2D eigenvalue weighted by Gasteiger charge is 2.55. The van der Waals surface area contributed by atoms with Crippen LogP contribution in [0.15, 0.2) is 12.1 Å². The van der Waals surface area contributed by atoms with E-state index in [1.807, 2.05) is 6.92 Å². The maximum absolute atomic E-state index is 12.0. The summed E-state index contributed by atoms with van der Waals surface area (Å²) in [6.07, 6.45) is 6.10. The summed E-state index contributed by atoms with van der Waals surface area (Å²) in [5.41, 5.74) is 5.31. The van der Waals surface area contributed by atoms with Crippen LogP contribution in [-0.2, 0) is 23.1 Å². The Labute approximate surface area is 133 Å². The summed E-state index contributed by atoms with van der Waals surface area (Å²) in [5, 5.41) is 9.84. The highest BCUT2D eigenvalue weighted by molar-refractivity contribution is 5.75. The summed E-state index contributed by atoms with van der Waals surface area (Å²) < 4.78 is 0. The molecule has 2 aliphatic carbocycles. The van der Waals surface area contributed by atoms with Crippen LogP contribution in [0.4, 0.5) is 0 Å². The van der Waals surface area contributed by atoms with Gasteiger partial charge < -0.3 is 5.11 Å². The maximum Gasteiger partial charge on any atom is 0.309 e. The molecule has 0 saturated heterocycles. The lowest BCUT2D eigenvalue weighted by Crippen LogP contribution is -2.52. The molecule has 2 heteroatoms. The average Bonchev–Trinajstić information content (AvgIpc) is 2.46. The van der Waals surface area contributed by atoms with E-state index in [9.17, 15) is 9.90 Å². The van der Waals surface area contributed by atoms with Crippen LogP contribution >= 0.6 is 0 Å². The molecule has 0 amide bonds. The van der Waals surface area contributed by atoms with E-state index < -0.39 is 11.4 Å². The largest absolute Gasteiger partial charge is 0.481 e. The SMILES string of the molecule is CCc1c(C)ccc2c1CC[C@H]1[C@@](C)(C(=O)O)CCC[C@]21C. The Kier molecular flexibility index (Phi) is 3.62. The monoisotopic (exact) mass is 300 g/mol. The zero-order chi connectivity index (χ0) is 16.1. The second-order valence-corrected chi connectivity index (χ2v) is 7.83. The van der Waals surface area contributed by atoms with Crippen LogP contribution in [0.5, 0.6) is 0 Å². The van der Waals surface area contributed by atoms with Crippen LogP contribution < -0.4 is 0 Å². The van der Waals surface area contributed by atoms with E-state index in [4.69, 9.17) is 0 Å². The minimum atomic E-state index is -0.602. The first-order chi connectivity index (χ1) is 10.3. The minimum Gasteiger partial charge on any atom is -0.481 e. The van der Waals surface area contributed by atoms with E-state index in [-0.39, 0.29) is 11.3 Å². The molecule has 22 heavy (non-hydrogen) atoms. The van der Waals surface area contributed by atoms with Crippen LogP contribution in [0.25, 0.3) is 0 Å². The predicted octanol–water partition coefficient (Wildman–Crippen LogP) is 4.65. The summed E-state index contributed by atoms with van der Waals surface area (Å²) in [6.45, 7) is 8.75. The van der Waals surface area contributed by atoms with Crippen molar-refractivity contribution >= 4 is 5.97 Å². The lowest BCUT2D eigenvalue weighted by Gasteiger charge is -2.54. The average molecular weight is 300 g/mol. The number of carboxylic acid groups (broad SMARTS) is 1. The Bertz CT molecular complexity index is 618. The highest BCUT2D eigenvalue weighted by Crippen LogP contribution is 2.57. The molecule has 0 radical (unpaired) electrons. The van der Waals surface area contributed by atoms with Gasteiger partial charge in [-0.3, -0.25) is 4.79 Å². The van der Waals surface area contributed by atoms with Gasteiger partial charge in [0.2, 0.25) is 0 Å². The molecule has 1 saturated carbocycles. The molecular formula is C20H28O2. The molecule has 0 spiro atoms. The van der Waals surface area contributed by atoms with Crippen molar-refractivity contribution in [3.63, 3.8) is 0 Å². The van der Waals surface area contributed by atoms with Crippen molar-refractivity contribution in [2.45, 2.75) is 71.6 Å². The molecule has 1 aromatic carbocycles. The number of carboxylic acids is 1. The van der Waals surface area contributed by atoms with Gasteiger partial charge in [0.1, 0.15) is 0 Å². The van der Waals surface area contributed by atoms with Gasteiger partial charge >= 0.3 is 5.97 Å². The zero-order valence-corrected chi connectivity index (χ0v) is 14.3. The molecule has 0 aromatic heterocycles. The first-order valence-corrected chi connectivity index (χ1v) is 8.70. The van der Waals surface area contributed by atoms with Gasteiger partial charge in [-0.2, -0.15) is 0 Å². The van der Waals surface area contributed by atoms with Crippen LogP contribution in [0.1, 0.15) is 68.7 Å². The molecule has 3 atom stereocenters.